The molecule has 1 aromatic heterocycles. The van der Waals surface area contributed by atoms with Crippen LogP contribution in [-0.4, -0.2) is 47.9 Å². The van der Waals surface area contributed by atoms with Gasteiger partial charge in [-0.15, -0.1) is 0 Å². The van der Waals surface area contributed by atoms with Crippen molar-refractivity contribution in [1.29, 1.82) is 0 Å². The van der Waals surface area contributed by atoms with Crippen LogP contribution in [0.2, 0.25) is 0 Å². The van der Waals surface area contributed by atoms with Crippen molar-refractivity contribution >= 4 is 11.6 Å². The largest absolute Gasteiger partial charge is 0.433 e. The van der Waals surface area contributed by atoms with Gasteiger partial charge in [0.1, 0.15) is 5.69 Å². The average molecular weight is 377 g/mol. The number of rotatable bonds is 2. The minimum atomic E-state index is -4.47. The summed E-state index contributed by atoms with van der Waals surface area (Å²) in [5, 5.41) is 0. The van der Waals surface area contributed by atoms with E-state index in [0.717, 1.165) is 6.07 Å². The highest BCUT2D eigenvalue weighted by Crippen LogP contribution is 2.31. The Morgan fingerprint density at radius 1 is 1.08 bits per heavy atom. The normalized spacial score (nSPS) is 21.7. The van der Waals surface area contributed by atoms with E-state index in [9.17, 15) is 26.7 Å². The molecule has 1 aromatic rings. The van der Waals surface area contributed by atoms with Gasteiger partial charge in [-0.25, -0.2) is 13.8 Å². The number of hydrogen-bond acceptors (Lipinski definition) is 3. The van der Waals surface area contributed by atoms with E-state index in [0.29, 0.717) is 31.6 Å². The van der Waals surface area contributed by atoms with Gasteiger partial charge < -0.3 is 9.80 Å². The van der Waals surface area contributed by atoms with Gasteiger partial charge >= 0.3 is 6.18 Å². The fourth-order valence-corrected chi connectivity index (χ4v) is 3.44. The maximum atomic E-state index is 13.2. The minimum Gasteiger partial charge on any atom is -0.370 e. The topological polar surface area (TPSA) is 36.4 Å². The molecule has 4 nitrogen and oxygen atoms in total. The third kappa shape index (κ3) is 4.24. The molecule has 26 heavy (non-hydrogen) atoms. The molecule has 0 aromatic carbocycles. The van der Waals surface area contributed by atoms with Crippen LogP contribution in [0.3, 0.4) is 0 Å². The first-order valence-electron chi connectivity index (χ1n) is 8.60. The number of pyridine rings is 1. The molecule has 0 unspecified atom stereocenters. The fourth-order valence-electron chi connectivity index (χ4n) is 3.44. The van der Waals surface area contributed by atoms with E-state index in [1.807, 2.05) is 4.90 Å². The van der Waals surface area contributed by atoms with E-state index in [1.165, 1.54) is 17.2 Å². The van der Waals surface area contributed by atoms with Crippen LogP contribution in [-0.2, 0) is 11.0 Å². The summed E-state index contributed by atoms with van der Waals surface area (Å²) in [7, 11) is 0. The summed E-state index contributed by atoms with van der Waals surface area (Å²) in [6, 6.07) is 2.32. The number of carbonyl (C=O) groups excluding carboxylic acids is 1. The van der Waals surface area contributed by atoms with Crippen molar-refractivity contribution in [1.82, 2.24) is 9.88 Å². The Morgan fingerprint density at radius 3 is 2.19 bits per heavy atom. The molecule has 144 valence electrons. The molecule has 2 fully saturated rings. The van der Waals surface area contributed by atoms with Crippen LogP contribution >= 0.6 is 0 Å². The van der Waals surface area contributed by atoms with Crippen molar-refractivity contribution in [2.75, 3.05) is 31.1 Å². The van der Waals surface area contributed by atoms with Crippen molar-refractivity contribution in [3.63, 3.8) is 0 Å². The molecular formula is C17H20F5N3O. The minimum absolute atomic E-state index is 0.0782. The van der Waals surface area contributed by atoms with Crippen LogP contribution in [0.15, 0.2) is 18.3 Å². The quantitative estimate of drug-likeness (QED) is 0.740. The van der Waals surface area contributed by atoms with Crippen molar-refractivity contribution in [3.05, 3.63) is 24.0 Å². The zero-order chi connectivity index (χ0) is 18.9. The first-order chi connectivity index (χ1) is 12.2. The smallest absolute Gasteiger partial charge is 0.370 e. The number of alkyl halides is 5. The number of amides is 1. The molecule has 0 aliphatic carbocycles. The van der Waals surface area contributed by atoms with Gasteiger partial charge in [-0.2, -0.15) is 13.2 Å². The van der Waals surface area contributed by atoms with Crippen LogP contribution in [0.25, 0.3) is 0 Å². The zero-order valence-electron chi connectivity index (χ0n) is 14.1. The van der Waals surface area contributed by atoms with Crippen LogP contribution in [0.4, 0.5) is 27.6 Å². The number of hydrogen-bond donors (Lipinski definition) is 0. The van der Waals surface area contributed by atoms with Crippen molar-refractivity contribution < 1.29 is 26.7 Å². The zero-order valence-corrected chi connectivity index (χ0v) is 14.1. The van der Waals surface area contributed by atoms with Crippen molar-refractivity contribution in [3.8, 4) is 0 Å². The summed E-state index contributed by atoms with van der Waals surface area (Å²) in [6.07, 6.45) is -2.77. The van der Waals surface area contributed by atoms with E-state index >= 15 is 0 Å². The van der Waals surface area contributed by atoms with Gasteiger partial charge in [0, 0.05) is 44.9 Å². The predicted octanol–water partition coefficient (Wildman–Crippen LogP) is 3.57. The summed E-state index contributed by atoms with van der Waals surface area (Å²) in [5.41, 5.74) is -0.352. The first-order valence-corrected chi connectivity index (χ1v) is 8.60. The van der Waals surface area contributed by atoms with Gasteiger partial charge in [-0.3, -0.25) is 4.79 Å². The van der Waals surface area contributed by atoms with Gasteiger partial charge in [-0.1, -0.05) is 0 Å². The van der Waals surface area contributed by atoms with Crippen LogP contribution in [0, 0.1) is 5.92 Å². The third-order valence-electron chi connectivity index (χ3n) is 5.05. The lowest BCUT2D eigenvalue weighted by Gasteiger charge is -2.37. The molecule has 2 aliphatic rings. The molecule has 0 saturated carbocycles. The molecule has 1 amide bonds. The maximum absolute atomic E-state index is 13.2. The molecule has 2 saturated heterocycles. The molecule has 0 atom stereocenters. The summed E-state index contributed by atoms with van der Waals surface area (Å²) < 4.78 is 64.1. The molecule has 3 heterocycles. The highest BCUT2D eigenvalue weighted by atomic mass is 19.4. The molecule has 0 bridgehead atoms. The molecule has 0 spiro atoms. The first kappa shape index (κ1) is 18.8. The van der Waals surface area contributed by atoms with Gasteiger partial charge in [0.15, 0.2) is 0 Å². The Hall–Kier alpha value is -1.93. The van der Waals surface area contributed by atoms with Crippen molar-refractivity contribution in [2.24, 2.45) is 5.92 Å². The second-order valence-electron chi connectivity index (χ2n) is 6.84. The number of carbonyl (C=O) groups is 1. The summed E-state index contributed by atoms with van der Waals surface area (Å²) >= 11 is 0. The average Bonchev–Trinajstić information content (AvgIpc) is 2.61. The SMILES string of the molecule is O=C(C1CCN(c2ccc(C(F)(F)F)nc2)CC1)N1CCC(F)(F)CC1. The number of aromatic nitrogens is 1. The summed E-state index contributed by atoms with van der Waals surface area (Å²) in [5.74, 6) is -3.00. The summed E-state index contributed by atoms with van der Waals surface area (Å²) in [6.45, 7) is 1.20. The second kappa shape index (κ2) is 7.00. The molecule has 0 N–H and O–H groups in total. The monoisotopic (exact) mass is 377 g/mol. The van der Waals surface area contributed by atoms with Crippen LogP contribution < -0.4 is 4.90 Å². The third-order valence-corrected chi connectivity index (χ3v) is 5.05. The Labute approximate surface area is 148 Å². The lowest BCUT2D eigenvalue weighted by atomic mass is 9.93. The molecule has 0 radical (unpaired) electrons. The highest BCUT2D eigenvalue weighted by molar-refractivity contribution is 5.79. The van der Waals surface area contributed by atoms with Gasteiger partial charge in [-0.05, 0) is 25.0 Å². The Kier molecular flexibility index (Phi) is 5.07. The Balaban J connectivity index is 1.53. The maximum Gasteiger partial charge on any atom is 0.433 e. The molecule has 2 aliphatic heterocycles. The van der Waals surface area contributed by atoms with E-state index in [-0.39, 0.29) is 37.8 Å². The van der Waals surface area contributed by atoms with Crippen LogP contribution in [0.1, 0.15) is 31.4 Å². The van der Waals surface area contributed by atoms with Gasteiger partial charge in [0.2, 0.25) is 5.91 Å². The van der Waals surface area contributed by atoms with E-state index in [1.54, 1.807) is 0 Å². The lowest BCUT2D eigenvalue weighted by molar-refractivity contribution is -0.142. The van der Waals surface area contributed by atoms with E-state index in [2.05, 4.69) is 4.98 Å². The lowest BCUT2D eigenvalue weighted by Crippen LogP contribution is -2.47. The Bertz CT molecular complexity index is 629. The number of halogens is 5. The van der Waals surface area contributed by atoms with Crippen molar-refractivity contribution in [2.45, 2.75) is 37.8 Å². The number of likely N-dealkylation sites (tertiary alicyclic amines) is 1. The molecule has 3 rings (SSSR count). The standard InChI is InChI=1S/C17H20F5N3O/c18-16(19)5-9-25(10-6-16)15(26)12-3-7-24(8-4-12)13-1-2-14(23-11-13)17(20,21)22/h1-2,11-12H,3-10H2. The highest BCUT2D eigenvalue weighted by Gasteiger charge is 2.38. The fraction of sp³-hybridized carbons (Fsp3) is 0.647. The predicted molar refractivity (Wildman–Crippen MR) is 84.9 cm³/mol. The number of anilines is 1. The molecular weight excluding hydrogens is 357 g/mol. The van der Waals surface area contributed by atoms with E-state index < -0.39 is 17.8 Å². The van der Waals surface area contributed by atoms with Gasteiger partial charge in [0.25, 0.3) is 5.92 Å². The second-order valence-corrected chi connectivity index (χ2v) is 6.84. The Morgan fingerprint density at radius 2 is 1.69 bits per heavy atom. The number of piperidine rings is 2. The van der Waals surface area contributed by atoms with Gasteiger partial charge in [0.05, 0.1) is 11.9 Å². The van der Waals surface area contributed by atoms with Crippen LogP contribution in [0.5, 0.6) is 0 Å². The molecule has 9 heteroatoms. The van der Waals surface area contributed by atoms with E-state index in [4.69, 9.17) is 0 Å². The number of nitrogens with zero attached hydrogens (tertiary/aromatic N) is 3. The summed E-state index contributed by atoms with van der Waals surface area (Å²) in [4.78, 5) is 19.3.